The molecule has 0 radical (unpaired) electrons. The van der Waals surface area contributed by atoms with Crippen LogP contribution in [-0.4, -0.2) is 29.1 Å². The Labute approximate surface area is 127 Å². The number of carboxylic acid groups (broad SMARTS) is 1. The maximum Gasteiger partial charge on any atom is 0.309 e. The summed E-state index contributed by atoms with van der Waals surface area (Å²) in [4.78, 5) is 24.0. The van der Waals surface area contributed by atoms with E-state index in [1.807, 2.05) is 11.8 Å². The summed E-state index contributed by atoms with van der Waals surface area (Å²) in [5, 5.41) is 20.8. The summed E-state index contributed by atoms with van der Waals surface area (Å²) in [6.07, 6.45) is 1.54. The highest BCUT2D eigenvalue weighted by Crippen LogP contribution is 2.39. The lowest BCUT2D eigenvalue weighted by Gasteiger charge is -2.39. The van der Waals surface area contributed by atoms with Gasteiger partial charge in [-0.3, -0.25) is 14.9 Å². The Balaban J connectivity index is 2.23. The average Bonchev–Trinajstić information content (AvgIpc) is 2.47. The van der Waals surface area contributed by atoms with E-state index in [1.165, 1.54) is 6.07 Å². The molecule has 2 rings (SSSR count). The lowest BCUT2D eigenvalue weighted by atomic mass is 9.76. The standard InChI is InChI=1S/C14H17ClN2O4/c1-2-14(13(18)19)5-7-16(8-6-14)11-4-3-10(15)9-12(11)17(20)21/h3-4,9H,2,5-8H2,1H3,(H,18,19). The van der Waals surface area contributed by atoms with Gasteiger partial charge in [0, 0.05) is 24.2 Å². The van der Waals surface area contributed by atoms with E-state index >= 15 is 0 Å². The lowest BCUT2D eigenvalue weighted by Crippen LogP contribution is -2.44. The number of carbonyl (C=O) groups is 1. The minimum atomic E-state index is -0.782. The number of benzene rings is 1. The highest BCUT2D eigenvalue weighted by molar-refractivity contribution is 6.30. The Hall–Kier alpha value is -1.82. The van der Waals surface area contributed by atoms with Crippen molar-refractivity contribution < 1.29 is 14.8 Å². The summed E-state index contributed by atoms with van der Waals surface area (Å²) >= 11 is 5.81. The molecule has 1 saturated heterocycles. The minimum absolute atomic E-state index is 0.0400. The molecule has 0 unspecified atom stereocenters. The number of carboxylic acids is 1. The molecule has 21 heavy (non-hydrogen) atoms. The molecule has 6 nitrogen and oxygen atoms in total. The van der Waals surface area contributed by atoms with Crippen LogP contribution in [0, 0.1) is 15.5 Å². The molecule has 0 atom stereocenters. The predicted octanol–water partition coefficient (Wildman–Crippen LogP) is 3.33. The first-order valence-electron chi connectivity index (χ1n) is 6.82. The minimum Gasteiger partial charge on any atom is -0.481 e. The number of nitro benzene ring substituents is 1. The highest BCUT2D eigenvalue weighted by atomic mass is 35.5. The molecular formula is C14H17ClN2O4. The van der Waals surface area contributed by atoms with Gasteiger partial charge in [-0.1, -0.05) is 18.5 Å². The number of nitro groups is 1. The fourth-order valence-electron chi connectivity index (χ4n) is 2.80. The molecule has 0 aliphatic carbocycles. The Morgan fingerprint density at radius 2 is 2.10 bits per heavy atom. The van der Waals surface area contributed by atoms with Gasteiger partial charge in [-0.15, -0.1) is 0 Å². The van der Waals surface area contributed by atoms with E-state index in [2.05, 4.69) is 0 Å². The van der Waals surface area contributed by atoms with Crippen LogP contribution in [0.5, 0.6) is 0 Å². The van der Waals surface area contributed by atoms with Crippen LogP contribution >= 0.6 is 11.6 Å². The second kappa shape index (κ2) is 5.89. The van der Waals surface area contributed by atoms with Crippen LogP contribution in [0.2, 0.25) is 5.02 Å². The van der Waals surface area contributed by atoms with Gasteiger partial charge in [-0.25, -0.2) is 0 Å². The van der Waals surface area contributed by atoms with E-state index in [0.717, 1.165) is 0 Å². The van der Waals surface area contributed by atoms with Gasteiger partial charge < -0.3 is 10.0 Å². The Kier molecular flexibility index (Phi) is 4.37. The number of piperidine rings is 1. The molecular weight excluding hydrogens is 296 g/mol. The second-order valence-electron chi connectivity index (χ2n) is 5.32. The highest BCUT2D eigenvalue weighted by Gasteiger charge is 2.40. The van der Waals surface area contributed by atoms with Crippen molar-refractivity contribution >= 4 is 28.9 Å². The summed E-state index contributed by atoms with van der Waals surface area (Å²) < 4.78 is 0. The number of hydrogen-bond donors (Lipinski definition) is 1. The number of hydrogen-bond acceptors (Lipinski definition) is 4. The summed E-state index contributed by atoms with van der Waals surface area (Å²) in [6.45, 7) is 2.85. The van der Waals surface area contributed by atoms with Crippen molar-refractivity contribution in [2.75, 3.05) is 18.0 Å². The third-order valence-electron chi connectivity index (χ3n) is 4.33. The molecule has 1 aromatic carbocycles. The van der Waals surface area contributed by atoms with Crippen LogP contribution in [-0.2, 0) is 4.79 Å². The van der Waals surface area contributed by atoms with Gasteiger partial charge in [-0.05, 0) is 31.4 Å². The van der Waals surface area contributed by atoms with E-state index in [4.69, 9.17) is 11.6 Å². The second-order valence-corrected chi connectivity index (χ2v) is 5.75. The van der Waals surface area contributed by atoms with Gasteiger partial charge in [0.05, 0.1) is 10.3 Å². The summed E-state index contributed by atoms with van der Waals surface area (Å²) in [5.41, 5.74) is -0.251. The van der Waals surface area contributed by atoms with E-state index in [0.29, 0.717) is 43.1 Å². The number of anilines is 1. The molecule has 0 spiro atoms. The molecule has 1 fully saturated rings. The van der Waals surface area contributed by atoms with E-state index in [-0.39, 0.29) is 5.69 Å². The van der Waals surface area contributed by atoms with Crippen LogP contribution in [0.4, 0.5) is 11.4 Å². The van der Waals surface area contributed by atoms with Crippen LogP contribution in [0.15, 0.2) is 18.2 Å². The molecule has 7 heteroatoms. The van der Waals surface area contributed by atoms with Crippen molar-refractivity contribution in [2.45, 2.75) is 26.2 Å². The van der Waals surface area contributed by atoms with Crippen molar-refractivity contribution in [3.63, 3.8) is 0 Å². The molecule has 1 aliphatic rings. The molecule has 0 bridgehead atoms. The Bertz CT molecular complexity index is 568. The SMILES string of the molecule is CCC1(C(=O)O)CCN(c2ccc(Cl)cc2[N+](=O)[O-])CC1. The molecule has 1 aromatic rings. The van der Waals surface area contributed by atoms with Crippen LogP contribution in [0.3, 0.4) is 0 Å². The van der Waals surface area contributed by atoms with Gasteiger partial charge in [0.15, 0.2) is 0 Å². The van der Waals surface area contributed by atoms with E-state index in [9.17, 15) is 20.0 Å². The zero-order valence-corrected chi connectivity index (χ0v) is 12.5. The largest absolute Gasteiger partial charge is 0.481 e. The van der Waals surface area contributed by atoms with Crippen molar-refractivity contribution in [1.82, 2.24) is 0 Å². The quantitative estimate of drug-likeness (QED) is 0.681. The lowest BCUT2D eigenvalue weighted by molar-refractivity contribution is -0.384. The van der Waals surface area contributed by atoms with Gasteiger partial charge in [0.25, 0.3) is 5.69 Å². The number of aliphatic carboxylic acids is 1. The molecule has 1 N–H and O–H groups in total. The fourth-order valence-corrected chi connectivity index (χ4v) is 2.97. The Morgan fingerprint density at radius 3 is 2.57 bits per heavy atom. The monoisotopic (exact) mass is 312 g/mol. The third-order valence-corrected chi connectivity index (χ3v) is 4.56. The smallest absolute Gasteiger partial charge is 0.309 e. The van der Waals surface area contributed by atoms with Gasteiger partial charge >= 0.3 is 5.97 Å². The first-order valence-corrected chi connectivity index (χ1v) is 7.20. The first-order chi connectivity index (χ1) is 9.89. The number of rotatable bonds is 4. The van der Waals surface area contributed by atoms with Crippen LogP contribution in [0.25, 0.3) is 0 Å². The van der Waals surface area contributed by atoms with Crippen molar-refractivity contribution in [2.24, 2.45) is 5.41 Å². The molecule has 0 amide bonds. The van der Waals surface area contributed by atoms with Crippen LogP contribution in [0.1, 0.15) is 26.2 Å². The fraction of sp³-hybridized carbons (Fsp3) is 0.500. The third kappa shape index (κ3) is 2.95. The van der Waals surface area contributed by atoms with Crippen LogP contribution < -0.4 is 4.90 Å². The van der Waals surface area contributed by atoms with Crippen molar-refractivity contribution in [1.29, 1.82) is 0 Å². The van der Waals surface area contributed by atoms with Crippen molar-refractivity contribution in [3.8, 4) is 0 Å². The molecule has 0 aromatic heterocycles. The van der Waals surface area contributed by atoms with Crippen molar-refractivity contribution in [3.05, 3.63) is 33.3 Å². The topological polar surface area (TPSA) is 83.7 Å². The predicted molar refractivity (Wildman–Crippen MR) is 79.9 cm³/mol. The molecule has 114 valence electrons. The molecule has 0 saturated carbocycles. The molecule has 1 aliphatic heterocycles. The average molecular weight is 313 g/mol. The van der Waals surface area contributed by atoms with E-state index < -0.39 is 16.3 Å². The Morgan fingerprint density at radius 1 is 1.48 bits per heavy atom. The summed E-state index contributed by atoms with van der Waals surface area (Å²) in [7, 11) is 0. The summed E-state index contributed by atoms with van der Waals surface area (Å²) in [6, 6.07) is 4.57. The number of halogens is 1. The first kappa shape index (κ1) is 15.6. The summed E-state index contributed by atoms with van der Waals surface area (Å²) in [5.74, 6) is -0.782. The zero-order chi connectivity index (χ0) is 15.6. The van der Waals surface area contributed by atoms with E-state index in [1.54, 1.807) is 12.1 Å². The number of nitrogens with zero attached hydrogens (tertiary/aromatic N) is 2. The van der Waals surface area contributed by atoms with Gasteiger partial charge in [-0.2, -0.15) is 0 Å². The molecule has 1 heterocycles. The maximum absolute atomic E-state index is 11.4. The van der Waals surface area contributed by atoms with Gasteiger partial charge in [0.1, 0.15) is 5.69 Å². The van der Waals surface area contributed by atoms with Gasteiger partial charge in [0.2, 0.25) is 0 Å². The normalized spacial score (nSPS) is 17.5. The zero-order valence-electron chi connectivity index (χ0n) is 11.7. The maximum atomic E-state index is 11.4.